The fourth-order valence-electron chi connectivity index (χ4n) is 2.29. The first kappa shape index (κ1) is 20.3. The highest BCUT2D eigenvalue weighted by Crippen LogP contribution is 2.16. The fraction of sp³-hybridized carbons (Fsp3) is 0.333. The lowest BCUT2D eigenvalue weighted by Crippen LogP contribution is -2.40. The molecule has 0 heterocycles. The molecule has 2 rings (SSSR count). The molecule has 0 saturated carbocycles. The maximum atomic E-state index is 12.2. The number of rotatable bonds is 7. The second kappa shape index (κ2) is 9.07. The van der Waals surface area contributed by atoms with Crippen molar-refractivity contribution >= 4 is 11.8 Å². The molecule has 0 atom stereocenters. The summed E-state index contributed by atoms with van der Waals surface area (Å²) in [5, 5.41) is 5.67. The first-order valence-corrected chi connectivity index (χ1v) is 8.76. The van der Waals surface area contributed by atoms with Gasteiger partial charge in [0.25, 0.3) is 11.8 Å². The van der Waals surface area contributed by atoms with Crippen LogP contribution in [-0.2, 0) is 0 Å². The Hall–Kier alpha value is -3.02. The quantitative estimate of drug-likeness (QED) is 0.735. The van der Waals surface area contributed by atoms with E-state index >= 15 is 0 Å². The van der Waals surface area contributed by atoms with Gasteiger partial charge in [-0.2, -0.15) is 0 Å². The van der Waals surface area contributed by atoms with Crippen molar-refractivity contribution in [2.45, 2.75) is 26.3 Å². The van der Waals surface area contributed by atoms with E-state index in [1.54, 1.807) is 31.4 Å². The zero-order valence-electron chi connectivity index (χ0n) is 16.2. The average molecular weight is 370 g/mol. The molecule has 27 heavy (non-hydrogen) atoms. The Kier molecular flexibility index (Phi) is 6.82. The van der Waals surface area contributed by atoms with E-state index < -0.39 is 0 Å². The van der Waals surface area contributed by atoms with Crippen LogP contribution >= 0.6 is 0 Å². The lowest BCUT2D eigenvalue weighted by atomic mass is 10.1. The molecular weight excluding hydrogens is 344 g/mol. The molecule has 2 aromatic carbocycles. The Morgan fingerprint density at radius 3 is 1.89 bits per heavy atom. The number of nitrogens with one attached hydrogen (secondary N) is 2. The van der Waals surface area contributed by atoms with Crippen LogP contribution in [0.5, 0.6) is 11.5 Å². The van der Waals surface area contributed by atoms with E-state index in [0.717, 1.165) is 5.75 Å². The van der Waals surface area contributed by atoms with E-state index in [2.05, 4.69) is 10.6 Å². The number of methoxy groups -OCH3 is 1. The van der Waals surface area contributed by atoms with Gasteiger partial charge in [-0.15, -0.1) is 0 Å². The summed E-state index contributed by atoms with van der Waals surface area (Å²) in [5.41, 5.74) is 0.702. The van der Waals surface area contributed by atoms with Crippen molar-refractivity contribution in [3.8, 4) is 11.5 Å². The van der Waals surface area contributed by atoms with Crippen molar-refractivity contribution in [3.63, 3.8) is 0 Å². The van der Waals surface area contributed by atoms with E-state index in [1.165, 1.54) is 0 Å². The van der Waals surface area contributed by atoms with Gasteiger partial charge in [0, 0.05) is 16.7 Å². The Morgan fingerprint density at radius 2 is 1.37 bits per heavy atom. The molecule has 2 N–H and O–H groups in total. The van der Waals surface area contributed by atoms with E-state index in [0.29, 0.717) is 30.0 Å². The molecule has 0 bridgehead atoms. The molecule has 0 aliphatic heterocycles. The normalized spacial score (nSPS) is 10.8. The highest BCUT2D eigenvalue weighted by molar-refractivity contribution is 5.98. The summed E-state index contributed by atoms with van der Waals surface area (Å²) in [6, 6.07) is 13.8. The summed E-state index contributed by atoms with van der Waals surface area (Å²) < 4.78 is 10.6. The third-order valence-electron chi connectivity index (χ3n) is 3.61. The third kappa shape index (κ3) is 6.66. The van der Waals surface area contributed by atoms with Gasteiger partial charge in [-0.05, 0) is 69.3 Å². The van der Waals surface area contributed by atoms with Gasteiger partial charge in [0.15, 0.2) is 0 Å². The van der Waals surface area contributed by atoms with Gasteiger partial charge in [-0.25, -0.2) is 0 Å². The van der Waals surface area contributed by atoms with Crippen LogP contribution in [0.1, 0.15) is 41.5 Å². The molecule has 2 aromatic rings. The van der Waals surface area contributed by atoms with Gasteiger partial charge in [-0.3, -0.25) is 9.59 Å². The number of amides is 2. The summed E-state index contributed by atoms with van der Waals surface area (Å²) in [6.07, 6.45) is 0. The molecule has 0 aliphatic carbocycles. The van der Waals surface area contributed by atoms with Crippen molar-refractivity contribution in [2.24, 2.45) is 0 Å². The van der Waals surface area contributed by atoms with Crippen LogP contribution in [0.25, 0.3) is 0 Å². The Morgan fingerprint density at radius 1 is 0.852 bits per heavy atom. The van der Waals surface area contributed by atoms with Crippen LogP contribution in [-0.4, -0.2) is 37.6 Å². The summed E-state index contributed by atoms with van der Waals surface area (Å²) in [6.45, 7) is 6.48. The van der Waals surface area contributed by atoms with Crippen molar-refractivity contribution in [1.82, 2.24) is 10.6 Å². The number of benzene rings is 2. The van der Waals surface area contributed by atoms with Crippen LogP contribution < -0.4 is 20.1 Å². The molecule has 0 unspecified atom stereocenters. The predicted molar refractivity (Wildman–Crippen MR) is 104 cm³/mol. The monoisotopic (exact) mass is 370 g/mol. The Labute approximate surface area is 159 Å². The van der Waals surface area contributed by atoms with Gasteiger partial charge in [0.1, 0.15) is 18.1 Å². The van der Waals surface area contributed by atoms with Crippen molar-refractivity contribution in [1.29, 1.82) is 0 Å². The number of hydrogen-bond donors (Lipinski definition) is 2. The zero-order valence-corrected chi connectivity index (χ0v) is 16.2. The Balaban J connectivity index is 1.79. The molecule has 6 heteroatoms. The third-order valence-corrected chi connectivity index (χ3v) is 3.61. The summed E-state index contributed by atoms with van der Waals surface area (Å²) in [4.78, 5) is 24.3. The molecule has 0 aliphatic rings. The average Bonchev–Trinajstić information content (AvgIpc) is 2.64. The highest BCUT2D eigenvalue weighted by atomic mass is 16.5. The van der Waals surface area contributed by atoms with Crippen LogP contribution in [0.4, 0.5) is 0 Å². The Bertz CT molecular complexity index is 762. The molecule has 0 fully saturated rings. The molecule has 144 valence electrons. The zero-order chi connectivity index (χ0) is 19.9. The minimum absolute atomic E-state index is 0.164. The first-order chi connectivity index (χ1) is 12.8. The number of carbonyl (C=O) groups excluding carboxylic acids is 2. The van der Waals surface area contributed by atoms with Gasteiger partial charge in [-0.1, -0.05) is 0 Å². The first-order valence-electron chi connectivity index (χ1n) is 8.76. The highest BCUT2D eigenvalue weighted by Gasteiger charge is 2.15. The molecule has 0 radical (unpaired) electrons. The van der Waals surface area contributed by atoms with Crippen LogP contribution in [0, 0.1) is 0 Å². The lowest BCUT2D eigenvalue weighted by molar-refractivity contribution is 0.0915. The van der Waals surface area contributed by atoms with Crippen molar-refractivity contribution < 1.29 is 19.1 Å². The van der Waals surface area contributed by atoms with E-state index in [9.17, 15) is 9.59 Å². The summed E-state index contributed by atoms with van der Waals surface area (Å²) in [7, 11) is 1.61. The van der Waals surface area contributed by atoms with Crippen molar-refractivity contribution in [3.05, 3.63) is 59.7 Å². The fourth-order valence-corrected chi connectivity index (χ4v) is 2.29. The SMILES string of the molecule is COc1ccc(OCCNC(=O)c2ccc(C(=O)NC(C)(C)C)cc2)cc1. The molecular formula is C21H26N2O4. The lowest BCUT2D eigenvalue weighted by Gasteiger charge is -2.20. The predicted octanol–water partition coefficient (Wildman–Crippen LogP) is 3.03. The van der Waals surface area contributed by atoms with Crippen molar-refractivity contribution in [2.75, 3.05) is 20.3 Å². The minimum atomic E-state index is -0.309. The topological polar surface area (TPSA) is 76.7 Å². The summed E-state index contributed by atoms with van der Waals surface area (Å²) >= 11 is 0. The van der Waals surface area contributed by atoms with Gasteiger partial charge >= 0.3 is 0 Å². The second-order valence-corrected chi connectivity index (χ2v) is 7.06. The molecule has 0 saturated heterocycles. The maximum Gasteiger partial charge on any atom is 0.251 e. The van der Waals surface area contributed by atoms with Crippen LogP contribution in [0.3, 0.4) is 0 Å². The van der Waals surface area contributed by atoms with Crippen LogP contribution in [0.2, 0.25) is 0 Å². The van der Waals surface area contributed by atoms with E-state index in [-0.39, 0.29) is 17.4 Å². The van der Waals surface area contributed by atoms with E-state index in [1.807, 2.05) is 45.0 Å². The summed E-state index contributed by atoms with van der Waals surface area (Å²) in [5.74, 6) is 1.09. The molecule has 0 aromatic heterocycles. The molecule has 6 nitrogen and oxygen atoms in total. The minimum Gasteiger partial charge on any atom is -0.497 e. The standard InChI is InChI=1S/C21H26N2O4/c1-21(2,3)23-20(25)16-7-5-15(6-8-16)19(24)22-13-14-27-18-11-9-17(26-4)10-12-18/h5-12H,13-14H2,1-4H3,(H,22,24)(H,23,25). The van der Waals surface area contributed by atoms with Gasteiger partial charge in [0.05, 0.1) is 13.7 Å². The largest absolute Gasteiger partial charge is 0.497 e. The smallest absolute Gasteiger partial charge is 0.251 e. The van der Waals surface area contributed by atoms with E-state index in [4.69, 9.17) is 9.47 Å². The molecule has 2 amide bonds. The van der Waals surface area contributed by atoms with Crippen LogP contribution in [0.15, 0.2) is 48.5 Å². The number of ether oxygens (including phenoxy) is 2. The molecule has 0 spiro atoms. The van der Waals surface area contributed by atoms with Gasteiger partial charge in [0.2, 0.25) is 0 Å². The number of hydrogen-bond acceptors (Lipinski definition) is 4. The van der Waals surface area contributed by atoms with Gasteiger partial charge < -0.3 is 20.1 Å². The number of carbonyl (C=O) groups is 2. The second-order valence-electron chi connectivity index (χ2n) is 7.06. The maximum absolute atomic E-state index is 12.2.